The van der Waals surface area contributed by atoms with E-state index < -0.39 is 0 Å². The summed E-state index contributed by atoms with van der Waals surface area (Å²) in [7, 11) is 0. The van der Waals surface area contributed by atoms with Gasteiger partial charge in [0.15, 0.2) is 5.78 Å². The number of hydrogen-bond donors (Lipinski definition) is 0. The van der Waals surface area contributed by atoms with Crippen LogP contribution in [-0.4, -0.2) is 17.0 Å². The van der Waals surface area contributed by atoms with Crippen molar-refractivity contribution in [2.24, 2.45) is 4.99 Å². The number of carbonyl (C=O) groups is 1. The van der Waals surface area contributed by atoms with E-state index in [1.807, 2.05) is 0 Å². The van der Waals surface area contributed by atoms with Crippen molar-refractivity contribution in [2.45, 2.75) is 63.8 Å². The highest BCUT2D eigenvalue weighted by Crippen LogP contribution is 2.39. The van der Waals surface area contributed by atoms with Gasteiger partial charge in [-0.1, -0.05) is 26.2 Å². The number of Topliss-reactive ketones (excluding diaryl/α,β-unsaturated/α-hetero) is 1. The van der Waals surface area contributed by atoms with Crippen molar-refractivity contribution in [1.82, 2.24) is 0 Å². The zero-order chi connectivity index (χ0) is 10.0. The van der Waals surface area contributed by atoms with Crippen LogP contribution in [0.4, 0.5) is 0 Å². The first kappa shape index (κ1) is 9.88. The molecule has 0 aromatic heterocycles. The van der Waals surface area contributed by atoms with Crippen LogP contribution < -0.4 is 0 Å². The molecule has 2 heteroatoms. The number of ketones is 1. The number of hydrogen-bond acceptors (Lipinski definition) is 2. The maximum absolute atomic E-state index is 11.9. The summed E-state index contributed by atoms with van der Waals surface area (Å²) >= 11 is 0. The summed E-state index contributed by atoms with van der Waals surface area (Å²) in [4.78, 5) is 16.6. The minimum atomic E-state index is -0.233. The topological polar surface area (TPSA) is 29.4 Å². The molecule has 1 aliphatic carbocycles. The van der Waals surface area contributed by atoms with Gasteiger partial charge in [-0.15, -0.1) is 0 Å². The highest BCUT2D eigenvalue weighted by molar-refractivity contribution is 6.11. The van der Waals surface area contributed by atoms with Gasteiger partial charge in [0.1, 0.15) is 5.54 Å². The highest BCUT2D eigenvalue weighted by Gasteiger charge is 2.44. The molecule has 1 heterocycles. The molecule has 14 heavy (non-hydrogen) atoms. The molecule has 0 bridgehead atoms. The summed E-state index contributed by atoms with van der Waals surface area (Å²) in [5.74, 6) is 0.404. The van der Waals surface area contributed by atoms with Gasteiger partial charge in [-0.25, -0.2) is 0 Å². The Morgan fingerprint density at radius 2 is 2.07 bits per heavy atom. The van der Waals surface area contributed by atoms with Crippen molar-refractivity contribution in [3.8, 4) is 0 Å². The van der Waals surface area contributed by atoms with Gasteiger partial charge >= 0.3 is 0 Å². The quantitative estimate of drug-likeness (QED) is 0.677. The molecule has 0 saturated heterocycles. The summed E-state index contributed by atoms with van der Waals surface area (Å²) in [5, 5.41) is 0. The lowest BCUT2D eigenvalue weighted by molar-refractivity contribution is -0.121. The molecular weight excluding hydrogens is 174 g/mol. The first-order valence-electron chi connectivity index (χ1n) is 5.88. The van der Waals surface area contributed by atoms with Gasteiger partial charge in [-0.05, 0) is 25.7 Å². The number of carbonyl (C=O) groups excluding carboxylic acids is 1. The number of aliphatic imine (C=N–C) groups is 1. The summed E-state index contributed by atoms with van der Waals surface area (Å²) in [6.45, 7) is 2.18. The van der Waals surface area contributed by atoms with Crippen molar-refractivity contribution >= 4 is 11.5 Å². The SMILES string of the molecule is CCCCC1=NC2(CCCC2)C(=O)C1. The Morgan fingerprint density at radius 3 is 2.71 bits per heavy atom. The molecule has 2 rings (SSSR count). The molecule has 0 unspecified atom stereocenters. The van der Waals surface area contributed by atoms with Gasteiger partial charge in [-0.3, -0.25) is 9.79 Å². The molecule has 0 radical (unpaired) electrons. The maximum atomic E-state index is 11.9. The van der Waals surface area contributed by atoms with Crippen LogP contribution in [0.25, 0.3) is 0 Å². The van der Waals surface area contributed by atoms with Crippen LogP contribution in [-0.2, 0) is 4.79 Å². The Hall–Kier alpha value is -0.660. The third kappa shape index (κ3) is 1.62. The van der Waals surface area contributed by atoms with Crippen LogP contribution in [0, 0.1) is 0 Å². The fourth-order valence-corrected chi connectivity index (χ4v) is 2.63. The average molecular weight is 193 g/mol. The zero-order valence-corrected chi connectivity index (χ0v) is 9.01. The van der Waals surface area contributed by atoms with E-state index in [0.717, 1.165) is 19.3 Å². The normalized spacial score (nSPS) is 24.6. The number of nitrogens with zero attached hydrogens (tertiary/aromatic N) is 1. The molecule has 2 nitrogen and oxygen atoms in total. The lowest BCUT2D eigenvalue weighted by Gasteiger charge is -2.15. The molecule has 1 saturated carbocycles. The Labute approximate surface area is 85.8 Å². The molecule has 1 fully saturated rings. The van der Waals surface area contributed by atoms with Crippen molar-refractivity contribution < 1.29 is 4.79 Å². The lowest BCUT2D eigenvalue weighted by atomic mass is 9.93. The highest BCUT2D eigenvalue weighted by atomic mass is 16.1. The van der Waals surface area contributed by atoms with Gasteiger partial charge in [-0.2, -0.15) is 0 Å². The number of rotatable bonds is 3. The molecule has 0 amide bonds. The summed E-state index contributed by atoms with van der Waals surface area (Å²) in [6, 6.07) is 0. The monoisotopic (exact) mass is 193 g/mol. The molecule has 0 N–H and O–H groups in total. The van der Waals surface area contributed by atoms with E-state index >= 15 is 0 Å². The molecular formula is C12H19NO. The lowest BCUT2D eigenvalue weighted by Crippen LogP contribution is -2.28. The standard InChI is InChI=1S/C12H19NO/c1-2-3-6-10-9-11(14)12(13-10)7-4-5-8-12/h2-9H2,1H3. The predicted molar refractivity (Wildman–Crippen MR) is 57.8 cm³/mol. The maximum Gasteiger partial charge on any atom is 0.165 e. The fraction of sp³-hybridized carbons (Fsp3) is 0.833. The van der Waals surface area contributed by atoms with E-state index in [9.17, 15) is 4.79 Å². The minimum absolute atomic E-state index is 0.233. The molecule has 0 aromatic carbocycles. The molecule has 1 aliphatic heterocycles. The Kier molecular flexibility index (Phi) is 2.71. The van der Waals surface area contributed by atoms with E-state index in [4.69, 9.17) is 4.99 Å². The third-order valence-electron chi connectivity index (χ3n) is 3.51. The van der Waals surface area contributed by atoms with Gasteiger partial charge in [0, 0.05) is 12.1 Å². The van der Waals surface area contributed by atoms with Gasteiger partial charge < -0.3 is 0 Å². The summed E-state index contributed by atoms with van der Waals surface area (Å²) < 4.78 is 0. The summed E-state index contributed by atoms with van der Waals surface area (Å²) in [6.07, 6.45) is 8.49. The fourth-order valence-electron chi connectivity index (χ4n) is 2.63. The second-order valence-corrected chi connectivity index (χ2v) is 4.62. The van der Waals surface area contributed by atoms with E-state index in [-0.39, 0.29) is 5.54 Å². The van der Waals surface area contributed by atoms with E-state index in [1.165, 1.54) is 31.4 Å². The Balaban J connectivity index is 2.05. The predicted octanol–water partition coefficient (Wildman–Crippen LogP) is 2.90. The van der Waals surface area contributed by atoms with E-state index in [2.05, 4.69) is 6.92 Å². The van der Waals surface area contributed by atoms with Crippen LogP contribution in [0.2, 0.25) is 0 Å². The largest absolute Gasteiger partial charge is 0.297 e. The number of unbranched alkanes of at least 4 members (excludes halogenated alkanes) is 1. The third-order valence-corrected chi connectivity index (χ3v) is 3.51. The van der Waals surface area contributed by atoms with Crippen LogP contribution >= 0.6 is 0 Å². The second kappa shape index (κ2) is 3.84. The van der Waals surface area contributed by atoms with Crippen LogP contribution in [0.15, 0.2) is 4.99 Å². The van der Waals surface area contributed by atoms with E-state index in [1.54, 1.807) is 0 Å². The molecule has 78 valence electrons. The van der Waals surface area contributed by atoms with Crippen molar-refractivity contribution in [3.05, 3.63) is 0 Å². The van der Waals surface area contributed by atoms with Crippen LogP contribution in [0.1, 0.15) is 58.3 Å². The van der Waals surface area contributed by atoms with Crippen LogP contribution in [0.5, 0.6) is 0 Å². The Bertz CT molecular complexity index is 261. The van der Waals surface area contributed by atoms with Gasteiger partial charge in [0.25, 0.3) is 0 Å². The zero-order valence-electron chi connectivity index (χ0n) is 9.01. The van der Waals surface area contributed by atoms with Gasteiger partial charge in [0.05, 0.1) is 0 Å². The summed E-state index contributed by atoms with van der Waals surface area (Å²) in [5.41, 5.74) is 0.946. The van der Waals surface area contributed by atoms with Crippen LogP contribution in [0.3, 0.4) is 0 Å². The van der Waals surface area contributed by atoms with Crippen molar-refractivity contribution in [3.63, 3.8) is 0 Å². The van der Waals surface area contributed by atoms with Crippen molar-refractivity contribution in [2.75, 3.05) is 0 Å². The molecule has 0 aromatic rings. The first-order valence-corrected chi connectivity index (χ1v) is 5.88. The Morgan fingerprint density at radius 1 is 1.36 bits per heavy atom. The van der Waals surface area contributed by atoms with Gasteiger partial charge in [0.2, 0.25) is 0 Å². The van der Waals surface area contributed by atoms with Crippen molar-refractivity contribution in [1.29, 1.82) is 0 Å². The molecule has 2 aliphatic rings. The smallest absolute Gasteiger partial charge is 0.165 e. The first-order chi connectivity index (χ1) is 6.77. The second-order valence-electron chi connectivity index (χ2n) is 4.62. The molecule has 1 spiro atoms. The minimum Gasteiger partial charge on any atom is -0.297 e. The average Bonchev–Trinajstić information content (AvgIpc) is 2.74. The molecule has 0 atom stereocenters. The van der Waals surface area contributed by atoms with E-state index in [0.29, 0.717) is 12.2 Å².